The van der Waals surface area contributed by atoms with Crippen molar-refractivity contribution in [1.82, 2.24) is 5.32 Å². The van der Waals surface area contributed by atoms with Crippen LogP contribution in [-0.2, 0) is 11.2 Å². The van der Waals surface area contributed by atoms with Crippen molar-refractivity contribution >= 4 is 28.6 Å². The van der Waals surface area contributed by atoms with Gasteiger partial charge >= 0.3 is 5.97 Å². The van der Waals surface area contributed by atoms with E-state index in [1.54, 1.807) is 0 Å². The molecule has 1 fully saturated rings. The Morgan fingerprint density at radius 1 is 1.56 bits per heavy atom. The molecule has 0 saturated carbocycles. The van der Waals surface area contributed by atoms with E-state index in [9.17, 15) is 4.79 Å². The summed E-state index contributed by atoms with van der Waals surface area (Å²) in [4.78, 5) is 10.8. The van der Waals surface area contributed by atoms with Crippen LogP contribution < -0.4 is 5.32 Å². The van der Waals surface area contributed by atoms with Crippen LogP contribution in [0.1, 0.15) is 12.0 Å². The molecule has 0 aromatic heterocycles. The fourth-order valence-electron chi connectivity index (χ4n) is 2.15. The highest BCUT2D eigenvalue weighted by Gasteiger charge is 2.28. The number of aliphatic carboxylic acids is 1. The Bertz CT molecular complexity index is 394. The molecule has 1 heterocycles. The molecule has 86 valence electrons. The minimum absolute atomic E-state index is 0.354. The molecule has 1 aromatic rings. The van der Waals surface area contributed by atoms with Crippen LogP contribution in [0.15, 0.2) is 24.3 Å². The molecule has 0 bridgehead atoms. The molecule has 2 rings (SSSR count). The van der Waals surface area contributed by atoms with Crippen LogP contribution in [-0.4, -0.2) is 23.7 Å². The Labute approximate surface area is 108 Å². The largest absolute Gasteiger partial charge is 0.480 e. The number of halogens is 1. The quantitative estimate of drug-likeness (QED) is 0.832. The van der Waals surface area contributed by atoms with E-state index in [1.165, 1.54) is 9.13 Å². The van der Waals surface area contributed by atoms with Gasteiger partial charge in [0, 0.05) is 3.57 Å². The average Bonchev–Trinajstić information content (AvgIpc) is 2.66. The SMILES string of the molecule is O=C(O)C1CC(Cc2cccc(I)c2)CN1. The molecule has 3 nitrogen and oxygen atoms in total. The van der Waals surface area contributed by atoms with Gasteiger partial charge in [-0.3, -0.25) is 4.79 Å². The summed E-state index contributed by atoms with van der Waals surface area (Å²) < 4.78 is 1.23. The maximum absolute atomic E-state index is 10.8. The predicted molar refractivity (Wildman–Crippen MR) is 70.4 cm³/mol. The van der Waals surface area contributed by atoms with Crippen LogP contribution >= 0.6 is 22.6 Å². The first kappa shape index (κ1) is 11.9. The Hall–Kier alpha value is -0.620. The van der Waals surface area contributed by atoms with E-state index in [0.29, 0.717) is 5.92 Å². The third-order valence-corrected chi connectivity index (χ3v) is 3.60. The van der Waals surface area contributed by atoms with Gasteiger partial charge < -0.3 is 10.4 Å². The molecule has 1 saturated heterocycles. The molecular formula is C12H14INO2. The molecule has 0 amide bonds. The lowest BCUT2D eigenvalue weighted by Crippen LogP contribution is -2.29. The number of nitrogens with one attached hydrogen (secondary N) is 1. The van der Waals surface area contributed by atoms with Crippen LogP contribution in [0.25, 0.3) is 0 Å². The average molecular weight is 331 g/mol. The number of hydrogen-bond donors (Lipinski definition) is 2. The van der Waals surface area contributed by atoms with Gasteiger partial charge in [-0.25, -0.2) is 0 Å². The van der Waals surface area contributed by atoms with Gasteiger partial charge in [0.15, 0.2) is 0 Å². The first-order valence-electron chi connectivity index (χ1n) is 5.36. The Morgan fingerprint density at radius 2 is 2.38 bits per heavy atom. The highest BCUT2D eigenvalue weighted by molar-refractivity contribution is 14.1. The second kappa shape index (κ2) is 5.14. The van der Waals surface area contributed by atoms with Crippen molar-refractivity contribution in [2.45, 2.75) is 18.9 Å². The normalized spacial score (nSPS) is 24.6. The molecule has 16 heavy (non-hydrogen) atoms. The van der Waals surface area contributed by atoms with Gasteiger partial charge in [-0.1, -0.05) is 12.1 Å². The summed E-state index contributed by atoms with van der Waals surface area (Å²) in [5, 5.41) is 11.9. The van der Waals surface area contributed by atoms with E-state index in [0.717, 1.165) is 19.4 Å². The van der Waals surface area contributed by atoms with Crippen molar-refractivity contribution in [2.24, 2.45) is 5.92 Å². The molecule has 2 atom stereocenters. The molecule has 0 aliphatic carbocycles. The zero-order chi connectivity index (χ0) is 11.5. The smallest absolute Gasteiger partial charge is 0.320 e. The van der Waals surface area contributed by atoms with Gasteiger partial charge in [-0.05, 0) is 65.6 Å². The summed E-state index contributed by atoms with van der Waals surface area (Å²) in [7, 11) is 0. The van der Waals surface area contributed by atoms with Crippen molar-refractivity contribution in [1.29, 1.82) is 0 Å². The van der Waals surface area contributed by atoms with Crippen LogP contribution in [0.3, 0.4) is 0 Å². The molecule has 2 N–H and O–H groups in total. The molecule has 1 aromatic carbocycles. The molecule has 1 aliphatic rings. The summed E-state index contributed by atoms with van der Waals surface area (Å²) in [5.74, 6) is -0.288. The maximum Gasteiger partial charge on any atom is 0.320 e. The number of carbonyl (C=O) groups is 1. The topological polar surface area (TPSA) is 49.3 Å². The zero-order valence-electron chi connectivity index (χ0n) is 8.82. The van der Waals surface area contributed by atoms with E-state index in [-0.39, 0.29) is 6.04 Å². The predicted octanol–water partition coefficient (Wildman–Crippen LogP) is 1.90. The van der Waals surface area contributed by atoms with Crippen molar-refractivity contribution in [3.63, 3.8) is 0 Å². The fraction of sp³-hybridized carbons (Fsp3) is 0.417. The summed E-state index contributed by atoms with van der Waals surface area (Å²) in [6, 6.07) is 8.03. The fourth-order valence-corrected chi connectivity index (χ4v) is 2.76. The van der Waals surface area contributed by atoms with Gasteiger partial charge in [0.05, 0.1) is 0 Å². The standard InChI is InChI=1S/C12H14INO2/c13-10-3-1-2-8(5-10)4-9-6-11(12(15)16)14-7-9/h1-3,5,9,11,14H,4,6-7H2,(H,15,16). The molecule has 4 heteroatoms. The van der Waals surface area contributed by atoms with Crippen molar-refractivity contribution < 1.29 is 9.90 Å². The van der Waals surface area contributed by atoms with E-state index >= 15 is 0 Å². The van der Waals surface area contributed by atoms with E-state index in [2.05, 4.69) is 46.1 Å². The van der Waals surface area contributed by atoms with Gasteiger partial charge in [0.2, 0.25) is 0 Å². The number of rotatable bonds is 3. The molecule has 1 aliphatic heterocycles. The van der Waals surface area contributed by atoms with Crippen LogP contribution in [0, 0.1) is 9.49 Å². The monoisotopic (exact) mass is 331 g/mol. The lowest BCUT2D eigenvalue weighted by Gasteiger charge is -2.08. The maximum atomic E-state index is 10.8. The first-order chi connectivity index (χ1) is 7.65. The van der Waals surface area contributed by atoms with Gasteiger partial charge in [0.25, 0.3) is 0 Å². The molecule has 0 spiro atoms. The zero-order valence-corrected chi connectivity index (χ0v) is 11.0. The Balaban J connectivity index is 1.94. The number of benzene rings is 1. The second-order valence-electron chi connectivity index (χ2n) is 4.23. The third kappa shape index (κ3) is 2.95. The van der Waals surface area contributed by atoms with E-state index in [1.807, 2.05) is 6.07 Å². The van der Waals surface area contributed by atoms with Crippen molar-refractivity contribution in [3.05, 3.63) is 33.4 Å². The van der Waals surface area contributed by atoms with Crippen LogP contribution in [0.5, 0.6) is 0 Å². The van der Waals surface area contributed by atoms with Gasteiger partial charge in [0.1, 0.15) is 6.04 Å². The first-order valence-corrected chi connectivity index (χ1v) is 6.43. The van der Waals surface area contributed by atoms with Gasteiger partial charge in [-0.15, -0.1) is 0 Å². The third-order valence-electron chi connectivity index (χ3n) is 2.93. The Morgan fingerprint density at radius 3 is 3.00 bits per heavy atom. The second-order valence-corrected chi connectivity index (χ2v) is 5.48. The van der Waals surface area contributed by atoms with E-state index < -0.39 is 5.97 Å². The Kier molecular flexibility index (Phi) is 3.81. The lowest BCUT2D eigenvalue weighted by atomic mass is 9.97. The summed E-state index contributed by atoms with van der Waals surface area (Å²) in [6.07, 6.45) is 1.70. The van der Waals surface area contributed by atoms with Gasteiger partial charge in [-0.2, -0.15) is 0 Å². The van der Waals surface area contributed by atoms with Crippen LogP contribution in [0.2, 0.25) is 0 Å². The highest BCUT2D eigenvalue weighted by Crippen LogP contribution is 2.20. The van der Waals surface area contributed by atoms with E-state index in [4.69, 9.17) is 5.11 Å². The van der Waals surface area contributed by atoms with Crippen LogP contribution in [0.4, 0.5) is 0 Å². The molecule has 0 radical (unpaired) electrons. The molecule has 2 unspecified atom stereocenters. The number of hydrogen-bond acceptors (Lipinski definition) is 2. The summed E-state index contributed by atoms with van der Waals surface area (Å²) in [6.45, 7) is 0.808. The van der Waals surface area contributed by atoms with Crippen molar-refractivity contribution in [3.8, 4) is 0 Å². The summed E-state index contributed by atoms with van der Waals surface area (Å²) in [5.41, 5.74) is 1.30. The highest BCUT2D eigenvalue weighted by atomic mass is 127. The minimum atomic E-state index is -0.731. The van der Waals surface area contributed by atoms with Crippen molar-refractivity contribution in [2.75, 3.05) is 6.54 Å². The number of carboxylic acid groups (broad SMARTS) is 1. The minimum Gasteiger partial charge on any atom is -0.480 e. The molecular weight excluding hydrogens is 317 g/mol. The number of carboxylic acids is 1. The lowest BCUT2D eigenvalue weighted by molar-refractivity contribution is -0.139. The summed E-state index contributed by atoms with van der Waals surface area (Å²) >= 11 is 2.30.